The fourth-order valence-corrected chi connectivity index (χ4v) is 2.76. The van der Waals surface area contributed by atoms with Crippen molar-refractivity contribution in [2.75, 3.05) is 4.43 Å². The lowest BCUT2D eigenvalue weighted by atomic mass is 10.3. The normalized spacial score (nSPS) is 10.5. The van der Waals surface area contributed by atoms with E-state index in [0.717, 1.165) is 27.9 Å². The van der Waals surface area contributed by atoms with E-state index in [9.17, 15) is 5.11 Å². The lowest BCUT2D eigenvalue weighted by Gasteiger charge is -2.04. The highest BCUT2D eigenvalue weighted by Crippen LogP contribution is 2.21. The maximum Gasteiger partial charge on any atom is 0.215 e. The van der Waals surface area contributed by atoms with Gasteiger partial charge in [-0.25, -0.2) is 4.98 Å². The first-order valence-corrected chi connectivity index (χ1v) is 7.93. The number of pyridine rings is 1. The molecule has 4 nitrogen and oxygen atoms in total. The molecule has 2 rings (SSSR count). The highest BCUT2D eigenvalue weighted by molar-refractivity contribution is 14.1. The molecule has 0 aromatic carbocycles. The van der Waals surface area contributed by atoms with Crippen LogP contribution in [0, 0.1) is 0 Å². The van der Waals surface area contributed by atoms with Crippen LogP contribution in [0.2, 0.25) is 0 Å². The molecule has 0 spiro atoms. The van der Waals surface area contributed by atoms with Gasteiger partial charge in [-0.1, -0.05) is 34.4 Å². The number of aryl methyl sites for hydroxylation is 1. The highest BCUT2D eigenvalue weighted by Gasteiger charge is 2.04. The smallest absolute Gasteiger partial charge is 0.215 e. The minimum Gasteiger partial charge on any atom is -0.493 e. The Bertz CT molecular complexity index is 510. The molecule has 0 saturated carbocycles. The average Bonchev–Trinajstić information content (AvgIpc) is 2.37. The number of aromatic nitrogens is 3. The van der Waals surface area contributed by atoms with Crippen LogP contribution < -0.4 is 0 Å². The highest BCUT2D eigenvalue weighted by atomic mass is 127. The average molecular weight is 373 g/mol. The van der Waals surface area contributed by atoms with Crippen LogP contribution in [0.3, 0.4) is 0 Å². The Labute approximate surface area is 123 Å². The van der Waals surface area contributed by atoms with E-state index >= 15 is 0 Å². The third kappa shape index (κ3) is 4.09. The monoisotopic (exact) mass is 373 g/mol. The van der Waals surface area contributed by atoms with Crippen LogP contribution in [0.5, 0.6) is 5.88 Å². The molecule has 0 radical (unpaired) electrons. The summed E-state index contributed by atoms with van der Waals surface area (Å²) in [5.41, 5.74) is 2.05. The van der Waals surface area contributed by atoms with Crippen LogP contribution in [0.25, 0.3) is 0 Å². The van der Waals surface area contributed by atoms with Gasteiger partial charge in [0.15, 0.2) is 5.16 Å². The summed E-state index contributed by atoms with van der Waals surface area (Å²) in [4.78, 5) is 12.4. The van der Waals surface area contributed by atoms with Crippen molar-refractivity contribution in [1.82, 2.24) is 15.0 Å². The van der Waals surface area contributed by atoms with Crippen LogP contribution >= 0.6 is 34.4 Å². The Morgan fingerprint density at radius 1 is 1.22 bits per heavy atom. The van der Waals surface area contributed by atoms with Gasteiger partial charge in [0.25, 0.3) is 0 Å². The summed E-state index contributed by atoms with van der Waals surface area (Å²) in [7, 11) is 0. The molecular formula is C12H12IN3OS. The third-order valence-corrected chi connectivity index (χ3v) is 3.67. The number of rotatable bonds is 5. The molecule has 2 aromatic heterocycles. The van der Waals surface area contributed by atoms with Crippen LogP contribution in [-0.4, -0.2) is 24.5 Å². The molecule has 1 N–H and O–H groups in total. The van der Waals surface area contributed by atoms with E-state index in [2.05, 4.69) is 37.5 Å². The zero-order chi connectivity index (χ0) is 12.8. The molecule has 6 heteroatoms. The van der Waals surface area contributed by atoms with Gasteiger partial charge in [0.05, 0.1) is 0 Å². The zero-order valence-electron chi connectivity index (χ0n) is 9.58. The largest absolute Gasteiger partial charge is 0.493 e. The maximum atomic E-state index is 9.54. The summed E-state index contributed by atoms with van der Waals surface area (Å²) in [6.45, 7) is 0. The van der Waals surface area contributed by atoms with Crippen LogP contribution in [0.1, 0.15) is 11.3 Å². The Morgan fingerprint density at radius 3 is 2.72 bits per heavy atom. The van der Waals surface area contributed by atoms with Gasteiger partial charge >= 0.3 is 0 Å². The van der Waals surface area contributed by atoms with Crippen molar-refractivity contribution in [3.63, 3.8) is 0 Å². The molecule has 94 valence electrons. The minimum absolute atomic E-state index is 0.0436. The SMILES string of the molecule is Oc1cc(CCI)nc(SCc2ccncc2)n1. The van der Waals surface area contributed by atoms with E-state index < -0.39 is 0 Å². The number of aromatic hydroxyl groups is 1. The Kier molecular flexibility index (Phi) is 5.18. The Balaban J connectivity index is 2.05. The van der Waals surface area contributed by atoms with Crippen molar-refractivity contribution >= 4 is 34.4 Å². The molecule has 0 aliphatic rings. The van der Waals surface area contributed by atoms with Gasteiger partial charge in [-0.05, 0) is 24.1 Å². The molecule has 2 heterocycles. The van der Waals surface area contributed by atoms with Crippen molar-refractivity contribution < 1.29 is 5.11 Å². The fraction of sp³-hybridized carbons (Fsp3) is 0.250. The maximum absolute atomic E-state index is 9.54. The molecule has 0 fully saturated rings. The minimum atomic E-state index is 0.0436. The van der Waals surface area contributed by atoms with E-state index in [-0.39, 0.29) is 5.88 Å². The second-order valence-corrected chi connectivity index (χ2v) is 5.60. The molecule has 0 saturated heterocycles. The summed E-state index contributed by atoms with van der Waals surface area (Å²) in [6.07, 6.45) is 4.38. The van der Waals surface area contributed by atoms with Crippen molar-refractivity contribution in [1.29, 1.82) is 0 Å². The fourth-order valence-electron chi connectivity index (χ4n) is 1.38. The predicted molar refractivity (Wildman–Crippen MR) is 80.1 cm³/mol. The van der Waals surface area contributed by atoms with Gasteiger partial charge in [-0.2, -0.15) is 4.98 Å². The van der Waals surface area contributed by atoms with Crippen LogP contribution in [-0.2, 0) is 12.2 Å². The molecule has 0 aliphatic heterocycles. The van der Waals surface area contributed by atoms with Gasteiger partial charge in [0.2, 0.25) is 5.88 Å². The molecule has 18 heavy (non-hydrogen) atoms. The first-order valence-electron chi connectivity index (χ1n) is 5.42. The molecular weight excluding hydrogens is 361 g/mol. The second kappa shape index (κ2) is 6.89. The van der Waals surface area contributed by atoms with Gasteiger partial charge in [-0.15, -0.1) is 0 Å². The second-order valence-electron chi connectivity index (χ2n) is 3.58. The molecule has 0 atom stereocenters. The van der Waals surface area contributed by atoms with Gasteiger partial charge in [0, 0.05) is 34.3 Å². The van der Waals surface area contributed by atoms with Crippen molar-refractivity contribution in [3.8, 4) is 5.88 Å². The number of halogens is 1. The Morgan fingerprint density at radius 2 is 2.00 bits per heavy atom. The van der Waals surface area contributed by atoms with Gasteiger partial charge in [0.1, 0.15) is 0 Å². The third-order valence-electron chi connectivity index (χ3n) is 2.21. The number of hydrogen-bond acceptors (Lipinski definition) is 5. The van der Waals surface area contributed by atoms with E-state index in [1.807, 2.05) is 12.1 Å². The lowest BCUT2D eigenvalue weighted by Crippen LogP contribution is -1.96. The van der Waals surface area contributed by atoms with Crippen molar-refractivity contribution in [2.24, 2.45) is 0 Å². The van der Waals surface area contributed by atoms with Crippen LogP contribution in [0.4, 0.5) is 0 Å². The molecule has 0 bridgehead atoms. The quantitative estimate of drug-likeness (QED) is 0.378. The van der Waals surface area contributed by atoms with E-state index in [1.165, 1.54) is 11.8 Å². The molecule has 0 aliphatic carbocycles. The van der Waals surface area contributed by atoms with Gasteiger partial charge in [-0.3, -0.25) is 4.98 Å². The zero-order valence-corrected chi connectivity index (χ0v) is 12.6. The summed E-state index contributed by atoms with van der Waals surface area (Å²) < 4.78 is 0.975. The first-order chi connectivity index (χ1) is 8.78. The van der Waals surface area contributed by atoms with Crippen LogP contribution in [0.15, 0.2) is 35.7 Å². The summed E-state index contributed by atoms with van der Waals surface area (Å²) >= 11 is 3.80. The summed E-state index contributed by atoms with van der Waals surface area (Å²) in [6, 6.07) is 5.54. The standard InChI is InChI=1S/C12H12IN3OS/c13-4-1-10-7-11(17)16-12(15-10)18-8-9-2-5-14-6-3-9/h2-3,5-7H,1,4,8H2,(H,15,16,17). The number of nitrogens with zero attached hydrogens (tertiary/aromatic N) is 3. The van der Waals surface area contributed by atoms with Gasteiger partial charge < -0.3 is 5.11 Å². The van der Waals surface area contributed by atoms with E-state index in [0.29, 0.717) is 5.16 Å². The number of thioether (sulfide) groups is 1. The van der Waals surface area contributed by atoms with Crippen molar-refractivity contribution in [3.05, 3.63) is 41.9 Å². The lowest BCUT2D eigenvalue weighted by molar-refractivity contribution is 0.444. The number of alkyl halides is 1. The predicted octanol–water partition coefficient (Wildman–Crippen LogP) is 2.85. The van der Waals surface area contributed by atoms with Crippen molar-refractivity contribution in [2.45, 2.75) is 17.3 Å². The van der Waals surface area contributed by atoms with E-state index in [1.54, 1.807) is 18.5 Å². The Hall–Kier alpha value is -0.890. The molecule has 0 unspecified atom stereocenters. The van der Waals surface area contributed by atoms with E-state index in [4.69, 9.17) is 0 Å². The topological polar surface area (TPSA) is 58.9 Å². The number of hydrogen-bond donors (Lipinski definition) is 1. The summed E-state index contributed by atoms with van der Waals surface area (Å²) in [5, 5.41) is 10.2. The first kappa shape index (κ1) is 13.5. The summed E-state index contributed by atoms with van der Waals surface area (Å²) in [5.74, 6) is 0.817. The molecule has 0 amide bonds. The molecule has 2 aromatic rings.